The van der Waals surface area contributed by atoms with E-state index in [2.05, 4.69) is 24.3 Å². The van der Waals surface area contributed by atoms with Crippen LogP contribution in [-0.4, -0.2) is 41.9 Å². The molecule has 0 radical (unpaired) electrons. The summed E-state index contributed by atoms with van der Waals surface area (Å²) in [5, 5.41) is 8.71. The van der Waals surface area contributed by atoms with Crippen molar-refractivity contribution < 1.29 is 9.90 Å². The maximum absolute atomic E-state index is 10.6. The molecule has 4 heteroatoms. The average molecular weight is 237 g/mol. The number of rotatable bonds is 4. The van der Waals surface area contributed by atoms with E-state index >= 15 is 0 Å². The Bertz CT molecular complexity index is 394. The van der Waals surface area contributed by atoms with Crippen LogP contribution in [-0.2, 0) is 4.79 Å². The Hall–Kier alpha value is -1.00. The Morgan fingerprint density at radius 3 is 3.06 bits per heavy atom. The lowest BCUT2D eigenvalue weighted by Crippen LogP contribution is -2.30. The van der Waals surface area contributed by atoms with E-state index in [1.165, 1.54) is 10.5 Å². The molecular weight excluding hydrogens is 222 g/mol. The zero-order chi connectivity index (χ0) is 11.5. The van der Waals surface area contributed by atoms with Crippen LogP contribution in [0.3, 0.4) is 0 Å². The van der Waals surface area contributed by atoms with Crippen molar-refractivity contribution in [2.75, 3.05) is 25.9 Å². The Morgan fingerprint density at radius 2 is 2.31 bits per heavy atom. The molecule has 0 spiro atoms. The van der Waals surface area contributed by atoms with Crippen molar-refractivity contribution in [3.63, 3.8) is 0 Å². The summed E-state index contributed by atoms with van der Waals surface area (Å²) in [6.07, 6.45) is 0. The number of aliphatic carboxylic acids is 1. The Labute approximate surface area is 99.5 Å². The van der Waals surface area contributed by atoms with E-state index < -0.39 is 5.97 Å². The summed E-state index contributed by atoms with van der Waals surface area (Å²) < 4.78 is 0. The lowest BCUT2D eigenvalue weighted by molar-refractivity contribution is -0.138. The highest BCUT2D eigenvalue weighted by Crippen LogP contribution is 2.39. The molecule has 1 N–H and O–H groups in total. The third-order valence-corrected chi connectivity index (χ3v) is 3.99. The van der Waals surface area contributed by atoms with E-state index in [4.69, 9.17) is 5.11 Å². The lowest BCUT2D eigenvalue weighted by Gasteiger charge is -2.19. The first-order valence-electron chi connectivity index (χ1n) is 5.29. The van der Waals surface area contributed by atoms with Crippen molar-refractivity contribution in [3.8, 4) is 0 Å². The van der Waals surface area contributed by atoms with Crippen molar-refractivity contribution in [2.45, 2.75) is 10.8 Å². The van der Waals surface area contributed by atoms with Crippen molar-refractivity contribution >= 4 is 17.7 Å². The van der Waals surface area contributed by atoms with E-state index in [1.807, 2.05) is 23.7 Å². The topological polar surface area (TPSA) is 40.5 Å². The minimum absolute atomic E-state index is 0.114. The molecule has 0 saturated heterocycles. The highest BCUT2D eigenvalue weighted by atomic mass is 32.2. The highest BCUT2D eigenvalue weighted by molar-refractivity contribution is 7.99. The van der Waals surface area contributed by atoms with Crippen molar-refractivity contribution in [1.82, 2.24) is 4.90 Å². The first kappa shape index (κ1) is 11.5. The summed E-state index contributed by atoms with van der Waals surface area (Å²) in [6, 6.07) is 8.38. The number of likely N-dealkylation sites (N-methyl/N-ethyl adjacent to an activating group) is 1. The minimum atomic E-state index is -0.763. The summed E-state index contributed by atoms with van der Waals surface area (Å²) in [5.74, 6) is 0.760. The molecule has 1 aromatic carbocycles. The van der Waals surface area contributed by atoms with Crippen LogP contribution in [0.15, 0.2) is 29.2 Å². The summed E-state index contributed by atoms with van der Waals surface area (Å²) >= 11 is 1.86. The fourth-order valence-corrected chi connectivity index (χ4v) is 3.29. The van der Waals surface area contributed by atoms with Gasteiger partial charge in [0.25, 0.3) is 0 Å². The fraction of sp³-hybridized carbons (Fsp3) is 0.417. The van der Waals surface area contributed by atoms with Crippen LogP contribution >= 0.6 is 11.8 Å². The second kappa shape index (κ2) is 4.89. The average Bonchev–Trinajstić information content (AvgIpc) is 2.61. The van der Waals surface area contributed by atoms with Gasteiger partial charge in [-0.1, -0.05) is 18.2 Å². The zero-order valence-electron chi connectivity index (χ0n) is 9.22. The normalized spacial score (nSPS) is 18.8. The maximum Gasteiger partial charge on any atom is 0.317 e. The van der Waals surface area contributed by atoms with Gasteiger partial charge < -0.3 is 5.11 Å². The molecule has 1 aliphatic heterocycles. The third-order valence-electron chi connectivity index (χ3n) is 2.74. The Morgan fingerprint density at radius 1 is 1.56 bits per heavy atom. The van der Waals surface area contributed by atoms with Gasteiger partial charge in [0.05, 0.1) is 6.54 Å². The van der Waals surface area contributed by atoms with E-state index in [1.54, 1.807) is 0 Å². The summed E-state index contributed by atoms with van der Waals surface area (Å²) in [7, 11) is 1.86. The van der Waals surface area contributed by atoms with Gasteiger partial charge in [-0.3, -0.25) is 9.69 Å². The summed E-state index contributed by atoms with van der Waals surface area (Å²) in [5.41, 5.74) is 1.37. The molecule has 3 nitrogen and oxygen atoms in total. The monoisotopic (exact) mass is 237 g/mol. The Balaban J connectivity index is 2.00. The number of hydrogen-bond acceptors (Lipinski definition) is 3. The number of carbonyl (C=O) groups is 1. The molecule has 1 aliphatic rings. The predicted molar refractivity (Wildman–Crippen MR) is 65.0 cm³/mol. The van der Waals surface area contributed by atoms with Crippen molar-refractivity contribution in [1.29, 1.82) is 0 Å². The maximum atomic E-state index is 10.6. The third kappa shape index (κ3) is 2.57. The second-order valence-electron chi connectivity index (χ2n) is 4.14. The molecule has 1 heterocycles. The second-order valence-corrected chi connectivity index (χ2v) is 5.20. The van der Waals surface area contributed by atoms with E-state index in [0.29, 0.717) is 5.92 Å². The van der Waals surface area contributed by atoms with Crippen molar-refractivity contribution in [3.05, 3.63) is 29.8 Å². The molecule has 0 aliphatic carbocycles. The van der Waals surface area contributed by atoms with Gasteiger partial charge in [-0.25, -0.2) is 0 Å². The number of carboxylic acids is 1. The highest BCUT2D eigenvalue weighted by Gasteiger charge is 2.24. The van der Waals surface area contributed by atoms with E-state index in [0.717, 1.165) is 12.3 Å². The van der Waals surface area contributed by atoms with Gasteiger partial charge in [-0.05, 0) is 18.7 Å². The van der Waals surface area contributed by atoms with Gasteiger partial charge in [-0.2, -0.15) is 0 Å². The molecule has 0 saturated carbocycles. The van der Waals surface area contributed by atoms with Gasteiger partial charge in [0.1, 0.15) is 0 Å². The lowest BCUT2D eigenvalue weighted by atomic mass is 10.0. The van der Waals surface area contributed by atoms with Crippen LogP contribution < -0.4 is 0 Å². The molecule has 1 atom stereocenters. The first-order valence-corrected chi connectivity index (χ1v) is 6.27. The Kier molecular flexibility index (Phi) is 3.51. The number of hydrogen-bond donors (Lipinski definition) is 1. The van der Waals surface area contributed by atoms with E-state index in [-0.39, 0.29) is 6.54 Å². The number of fused-ring (bicyclic) bond motifs is 1. The zero-order valence-corrected chi connectivity index (χ0v) is 10.0. The number of carboxylic acid groups (broad SMARTS) is 1. The quantitative estimate of drug-likeness (QED) is 0.868. The summed E-state index contributed by atoms with van der Waals surface area (Å²) in [6.45, 7) is 0.930. The van der Waals surface area contributed by atoms with Crippen LogP contribution in [0, 0.1) is 0 Å². The number of thioether (sulfide) groups is 1. The molecule has 1 aromatic rings. The molecule has 0 fully saturated rings. The van der Waals surface area contributed by atoms with Gasteiger partial charge >= 0.3 is 5.97 Å². The molecule has 0 aromatic heterocycles. The van der Waals surface area contributed by atoms with Gasteiger partial charge in [0.15, 0.2) is 0 Å². The molecule has 2 rings (SSSR count). The van der Waals surface area contributed by atoms with Gasteiger partial charge in [-0.15, -0.1) is 11.8 Å². The van der Waals surface area contributed by atoms with Crippen LogP contribution in [0.2, 0.25) is 0 Å². The van der Waals surface area contributed by atoms with E-state index in [9.17, 15) is 4.79 Å². The predicted octanol–water partition coefficient (Wildman–Crippen LogP) is 1.89. The standard InChI is InChI=1S/C12H15NO2S/c1-13(7-12(14)15)6-9-8-16-11-5-3-2-4-10(9)11/h2-5,9H,6-8H2,1H3,(H,14,15). The molecule has 86 valence electrons. The minimum Gasteiger partial charge on any atom is -0.480 e. The fourth-order valence-electron chi connectivity index (χ4n) is 2.05. The van der Waals surface area contributed by atoms with Gasteiger partial charge in [0.2, 0.25) is 0 Å². The SMILES string of the molecule is CN(CC(=O)O)CC1CSc2ccccc21. The molecule has 0 amide bonds. The first-order chi connectivity index (χ1) is 7.66. The number of benzene rings is 1. The molecule has 1 unspecified atom stereocenters. The molecule has 0 bridgehead atoms. The summed E-state index contributed by atoms with van der Waals surface area (Å²) in [4.78, 5) is 13.8. The van der Waals surface area contributed by atoms with Crippen LogP contribution in [0.1, 0.15) is 11.5 Å². The molecule has 16 heavy (non-hydrogen) atoms. The smallest absolute Gasteiger partial charge is 0.317 e. The number of nitrogens with zero attached hydrogens (tertiary/aromatic N) is 1. The van der Waals surface area contributed by atoms with Crippen LogP contribution in [0.4, 0.5) is 0 Å². The largest absolute Gasteiger partial charge is 0.480 e. The van der Waals surface area contributed by atoms with Crippen LogP contribution in [0.5, 0.6) is 0 Å². The van der Waals surface area contributed by atoms with Crippen LogP contribution in [0.25, 0.3) is 0 Å². The van der Waals surface area contributed by atoms with Crippen molar-refractivity contribution in [2.24, 2.45) is 0 Å². The van der Waals surface area contributed by atoms with Gasteiger partial charge in [0, 0.05) is 23.1 Å². The molecular formula is C12H15NO2S.